The highest BCUT2D eigenvalue weighted by molar-refractivity contribution is 6.98. The highest BCUT2D eigenvalue weighted by Crippen LogP contribution is 2.43. The van der Waals surface area contributed by atoms with Crippen molar-refractivity contribution in [2.45, 2.75) is 66.7 Å². The molecule has 2 amide bonds. The Balaban J connectivity index is 1.30. The molecule has 0 aromatic heterocycles. The van der Waals surface area contributed by atoms with Gasteiger partial charge in [0.1, 0.15) is 8.07 Å². The molecule has 8 nitrogen and oxygen atoms in total. The van der Waals surface area contributed by atoms with Gasteiger partial charge in [-0.2, -0.15) is 0 Å². The van der Waals surface area contributed by atoms with Crippen molar-refractivity contribution < 1.29 is 9.59 Å². The lowest BCUT2D eigenvalue weighted by molar-refractivity contribution is -0.124. The number of hydrogen-bond acceptors (Lipinski definition) is 6. The minimum absolute atomic E-state index is 0.0247. The SMILES string of the molecule is C=C(C)C(=O)NCCCNCc1c2ccccc2c(CNCCCNC(=O)C(C)C)c2cc(-c3cc(C)cc(C4=C5C=CC(=NC)C=C5[Si](C)(C)c5cc(NC)ccc54)c3)ccc12. The summed E-state index contributed by atoms with van der Waals surface area (Å²) < 4.78 is 0. The molecule has 1 aliphatic heterocycles. The maximum atomic E-state index is 12.2. The average molecular weight is 857 g/mol. The molecule has 1 aliphatic carbocycles. The summed E-state index contributed by atoms with van der Waals surface area (Å²) >= 11 is 0. The van der Waals surface area contributed by atoms with E-state index in [9.17, 15) is 9.59 Å². The van der Waals surface area contributed by atoms with Gasteiger partial charge in [0, 0.05) is 57.5 Å². The minimum Gasteiger partial charge on any atom is -0.388 e. The average Bonchev–Trinajstić information content (AvgIpc) is 3.28. The molecule has 0 bridgehead atoms. The highest BCUT2D eigenvalue weighted by Gasteiger charge is 2.39. The van der Waals surface area contributed by atoms with Crippen molar-refractivity contribution in [3.8, 4) is 11.1 Å². The van der Waals surface area contributed by atoms with Crippen LogP contribution in [0.3, 0.4) is 0 Å². The van der Waals surface area contributed by atoms with Gasteiger partial charge in [-0.15, -0.1) is 0 Å². The Bertz CT molecular complexity index is 2720. The fraction of sp³-hybridized carbons (Fsp3) is 0.315. The summed E-state index contributed by atoms with van der Waals surface area (Å²) in [6.07, 6.45) is 8.44. The third kappa shape index (κ3) is 9.71. The van der Waals surface area contributed by atoms with E-state index >= 15 is 0 Å². The van der Waals surface area contributed by atoms with Crippen LogP contribution in [-0.2, 0) is 22.7 Å². The van der Waals surface area contributed by atoms with Crippen LogP contribution in [0.4, 0.5) is 5.69 Å². The number of allylic oxidation sites excluding steroid dienone is 5. The molecule has 9 heteroatoms. The first-order valence-corrected chi connectivity index (χ1v) is 25.5. The summed E-state index contributed by atoms with van der Waals surface area (Å²) in [5.41, 5.74) is 13.9. The van der Waals surface area contributed by atoms with E-state index in [1.165, 1.54) is 82.0 Å². The molecule has 0 spiro atoms. The topological polar surface area (TPSA) is 107 Å². The van der Waals surface area contributed by atoms with Gasteiger partial charge in [0.05, 0.1) is 5.71 Å². The largest absolute Gasteiger partial charge is 0.388 e. The summed E-state index contributed by atoms with van der Waals surface area (Å²) in [6, 6.07) is 29.7. The number of nitrogens with one attached hydrogen (secondary N) is 5. The van der Waals surface area contributed by atoms with Crippen LogP contribution in [-0.4, -0.2) is 65.9 Å². The summed E-state index contributed by atoms with van der Waals surface area (Å²) in [5.74, 6) is -0.0379. The number of hydrogen-bond donors (Lipinski definition) is 5. The normalized spacial score (nSPS) is 14.8. The number of aliphatic imine (C=N–C) groups is 1. The van der Waals surface area contributed by atoms with Crippen molar-refractivity contribution in [2.75, 3.05) is 45.6 Å². The molecule has 63 heavy (non-hydrogen) atoms. The summed E-state index contributed by atoms with van der Waals surface area (Å²) in [7, 11) is 1.79. The molecule has 0 saturated heterocycles. The minimum atomic E-state index is -2.08. The summed E-state index contributed by atoms with van der Waals surface area (Å²) in [4.78, 5) is 28.9. The van der Waals surface area contributed by atoms with Gasteiger partial charge < -0.3 is 26.6 Å². The molecule has 1 heterocycles. The van der Waals surface area contributed by atoms with Crippen molar-refractivity contribution in [1.82, 2.24) is 21.3 Å². The number of nitrogens with zero attached hydrogens (tertiary/aromatic N) is 1. The van der Waals surface area contributed by atoms with E-state index in [0.717, 1.165) is 37.3 Å². The first-order valence-electron chi connectivity index (χ1n) is 22.5. The second kappa shape index (κ2) is 19.7. The number of carbonyl (C=O) groups is 2. The predicted molar refractivity (Wildman–Crippen MR) is 270 cm³/mol. The first-order chi connectivity index (χ1) is 30.3. The molecular weight excluding hydrogens is 793 g/mol. The Hall–Kier alpha value is -5.87. The van der Waals surface area contributed by atoms with E-state index in [1.807, 2.05) is 27.9 Å². The van der Waals surface area contributed by atoms with Crippen LogP contribution in [0.5, 0.6) is 0 Å². The van der Waals surface area contributed by atoms with E-state index in [4.69, 9.17) is 0 Å². The van der Waals surface area contributed by atoms with Gasteiger partial charge in [-0.3, -0.25) is 14.6 Å². The Morgan fingerprint density at radius 3 is 2.05 bits per heavy atom. The van der Waals surface area contributed by atoms with Gasteiger partial charge >= 0.3 is 0 Å². The lowest BCUT2D eigenvalue weighted by Crippen LogP contribution is -2.49. The third-order valence-corrected chi connectivity index (χ3v) is 16.1. The van der Waals surface area contributed by atoms with E-state index in [-0.39, 0.29) is 17.7 Å². The zero-order chi connectivity index (χ0) is 44.8. The fourth-order valence-electron chi connectivity index (χ4n) is 9.08. The van der Waals surface area contributed by atoms with Gasteiger partial charge in [-0.05, 0) is 158 Å². The highest BCUT2D eigenvalue weighted by atomic mass is 28.3. The second-order valence-electron chi connectivity index (χ2n) is 17.9. The Morgan fingerprint density at radius 2 is 1.40 bits per heavy atom. The standard InChI is InChI=1S/C54H64N6O2Si/c1-34(2)53(61)59-24-12-22-57-32-48-42-14-10-11-15-43(42)49(33-58-23-13-25-60-54(62)35(3)4)47-29-37(16-19-44(47)48)38-26-36(5)27-39(28-38)52-45-20-17-40(55-6)30-50(45)63(8,9)51-31-41(56-7)18-21-46(51)52/h10-11,14-21,26-31,35,55,57-58H,1,12-13,22-25,32-33H2,2-9H3,(H,59,61)(H,60,62). The van der Waals surface area contributed by atoms with Crippen LogP contribution in [0.2, 0.25) is 13.1 Å². The number of amides is 2. The molecule has 0 saturated carbocycles. The zero-order valence-corrected chi connectivity index (χ0v) is 39.4. The molecule has 2 aliphatic rings. The molecule has 0 radical (unpaired) electrons. The number of anilines is 1. The quantitative estimate of drug-likeness (QED) is 0.0278. The molecule has 326 valence electrons. The van der Waals surface area contributed by atoms with Gasteiger partial charge in [0.15, 0.2) is 0 Å². The fourth-order valence-corrected chi connectivity index (χ4v) is 12.2. The van der Waals surface area contributed by atoms with Crippen LogP contribution in [0, 0.1) is 12.8 Å². The van der Waals surface area contributed by atoms with E-state index in [0.29, 0.717) is 31.8 Å². The van der Waals surface area contributed by atoms with Crippen molar-refractivity contribution >= 4 is 63.6 Å². The first kappa shape index (κ1) is 45.2. The van der Waals surface area contributed by atoms with Crippen molar-refractivity contribution in [1.29, 1.82) is 0 Å². The molecule has 5 aromatic rings. The number of aryl methyl sites for hydroxylation is 1. The molecular formula is C54H64N6O2Si. The lowest BCUT2D eigenvalue weighted by atomic mass is 9.86. The predicted octanol–water partition coefficient (Wildman–Crippen LogP) is 9.27. The monoisotopic (exact) mass is 856 g/mol. The third-order valence-electron chi connectivity index (χ3n) is 12.6. The van der Waals surface area contributed by atoms with E-state index in [1.54, 1.807) is 6.92 Å². The number of benzene rings is 5. The second-order valence-corrected chi connectivity index (χ2v) is 22.2. The van der Waals surface area contributed by atoms with E-state index in [2.05, 4.69) is 155 Å². The van der Waals surface area contributed by atoms with E-state index < -0.39 is 8.07 Å². The zero-order valence-electron chi connectivity index (χ0n) is 38.4. The van der Waals surface area contributed by atoms with Crippen LogP contribution in [0.25, 0.3) is 38.2 Å². The maximum Gasteiger partial charge on any atom is 0.246 e. The molecule has 7 rings (SSSR count). The van der Waals surface area contributed by atoms with Crippen molar-refractivity contribution in [2.24, 2.45) is 10.9 Å². The van der Waals surface area contributed by atoms with Crippen molar-refractivity contribution in [3.05, 3.63) is 148 Å². The molecule has 5 N–H and O–H groups in total. The smallest absolute Gasteiger partial charge is 0.246 e. The Labute approximate surface area is 375 Å². The molecule has 0 fully saturated rings. The summed E-state index contributed by atoms with van der Waals surface area (Å²) in [6.45, 7) is 20.6. The Kier molecular flexibility index (Phi) is 14.1. The maximum absolute atomic E-state index is 12.2. The van der Waals surface area contributed by atoms with Gasteiger partial charge in [0.2, 0.25) is 11.8 Å². The number of rotatable bonds is 17. The van der Waals surface area contributed by atoms with Gasteiger partial charge in [0.25, 0.3) is 0 Å². The van der Waals surface area contributed by atoms with Crippen LogP contribution in [0.1, 0.15) is 61.4 Å². The number of carbonyl (C=O) groups excluding carboxylic acids is 2. The van der Waals surface area contributed by atoms with Crippen LogP contribution in [0.15, 0.2) is 125 Å². The van der Waals surface area contributed by atoms with Crippen LogP contribution >= 0.6 is 0 Å². The van der Waals surface area contributed by atoms with Gasteiger partial charge in [-0.25, -0.2) is 0 Å². The molecule has 0 atom stereocenters. The van der Waals surface area contributed by atoms with Crippen LogP contribution < -0.4 is 31.8 Å². The number of fused-ring (bicyclic) bond motifs is 4. The van der Waals surface area contributed by atoms with Gasteiger partial charge in [-0.1, -0.05) is 94.2 Å². The van der Waals surface area contributed by atoms with Crippen molar-refractivity contribution in [3.63, 3.8) is 0 Å². The summed E-state index contributed by atoms with van der Waals surface area (Å²) in [5, 5.41) is 24.6. The molecule has 0 unspecified atom stereocenters. The Morgan fingerprint density at radius 1 is 0.746 bits per heavy atom. The molecule has 5 aromatic carbocycles. The lowest BCUT2D eigenvalue weighted by Gasteiger charge is -2.38.